The molecule has 2 aromatic heterocycles. The molecule has 8 heteroatoms. The Morgan fingerprint density at radius 3 is 2.68 bits per heavy atom. The van der Waals surface area contributed by atoms with Crippen LogP contribution in [0, 0.1) is 19.8 Å². The number of amides is 2. The largest absolute Gasteiger partial charge is 0.327 e. The summed E-state index contributed by atoms with van der Waals surface area (Å²) in [4.78, 5) is 47.5. The van der Waals surface area contributed by atoms with Gasteiger partial charge in [-0.3, -0.25) is 19.5 Å². The highest BCUT2D eigenvalue weighted by Gasteiger charge is 2.35. The number of nitrogens with zero attached hydrogens (tertiary/aromatic N) is 6. The molecular weight excluding hydrogens is 392 g/mol. The first-order chi connectivity index (χ1) is 14.8. The van der Waals surface area contributed by atoms with Gasteiger partial charge in [0.2, 0.25) is 5.91 Å². The summed E-state index contributed by atoms with van der Waals surface area (Å²) in [7, 11) is 0. The molecule has 2 aromatic rings. The van der Waals surface area contributed by atoms with E-state index in [0.717, 1.165) is 42.0 Å². The molecule has 0 bridgehead atoms. The third kappa shape index (κ3) is 4.29. The summed E-state index contributed by atoms with van der Waals surface area (Å²) in [6, 6.07) is -0.219. The number of rotatable bonds is 5. The van der Waals surface area contributed by atoms with Crippen LogP contribution in [0.25, 0.3) is 0 Å². The van der Waals surface area contributed by atoms with Crippen molar-refractivity contribution in [3.05, 3.63) is 40.9 Å². The second-order valence-electron chi connectivity index (χ2n) is 8.90. The van der Waals surface area contributed by atoms with Gasteiger partial charge >= 0.3 is 0 Å². The maximum atomic E-state index is 13.1. The number of hydrogen-bond donors (Lipinski definition) is 0. The van der Waals surface area contributed by atoms with Gasteiger partial charge < -0.3 is 4.90 Å². The maximum Gasteiger partial charge on any atom is 0.274 e. The molecule has 1 unspecified atom stereocenters. The van der Waals surface area contributed by atoms with Gasteiger partial charge in [0.05, 0.1) is 17.9 Å². The zero-order valence-electron chi connectivity index (χ0n) is 18.8. The van der Waals surface area contributed by atoms with Crippen molar-refractivity contribution in [1.29, 1.82) is 0 Å². The van der Waals surface area contributed by atoms with Gasteiger partial charge in [-0.2, -0.15) is 0 Å². The molecule has 8 nitrogen and oxygen atoms in total. The summed E-state index contributed by atoms with van der Waals surface area (Å²) in [5, 5.41) is 0. The molecular formula is C23H30N6O2. The highest BCUT2D eigenvalue weighted by atomic mass is 16.2. The molecule has 0 saturated carbocycles. The quantitative estimate of drug-likeness (QED) is 0.735. The van der Waals surface area contributed by atoms with Gasteiger partial charge in [0.25, 0.3) is 5.91 Å². The normalized spacial score (nSPS) is 18.6. The molecule has 2 aliphatic heterocycles. The van der Waals surface area contributed by atoms with E-state index < -0.39 is 0 Å². The summed E-state index contributed by atoms with van der Waals surface area (Å²) >= 11 is 0. The lowest BCUT2D eigenvalue weighted by Crippen LogP contribution is -2.39. The van der Waals surface area contributed by atoms with Crippen LogP contribution in [0.4, 0.5) is 5.82 Å². The zero-order valence-corrected chi connectivity index (χ0v) is 18.8. The molecule has 0 N–H and O–H groups in total. The summed E-state index contributed by atoms with van der Waals surface area (Å²) in [5.41, 5.74) is 3.05. The Labute approximate surface area is 183 Å². The predicted octanol–water partition coefficient (Wildman–Crippen LogP) is 3.19. The van der Waals surface area contributed by atoms with E-state index in [1.54, 1.807) is 11.1 Å². The minimum Gasteiger partial charge on any atom is -0.327 e. The Morgan fingerprint density at radius 1 is 1.16 bits per heavy atom. The molecule has 4 rings (SSSR count). The van der Waals surface area contributed by atoms with E-state index >= 15 is 0 Å². The number of likely N-dealkylation sites (tertiary alicyclic amines) is 1. The number of aromatic nitrogens is 4. The van der Waals surface area contributed by atoms with Gasteiger partial charge in [-0.25, -0.2) is 15.0 Å². The Morgan fingerprint density at radius 2 is 1.97 bits per heavy atom. The fourth-order valence-corrected chi connectivity index (χ4v) is 4.30. The number of anilines is 1. The molecule has 1 fully saturated rings. The summed E-state index contributed by atoms with van der Waals surface area (Å²) in [6.45, 7) is 9.42. The molecule has 31 heavy (non-hydrogen) atoms. The number of aryl methyl sites for hydroxylation is 2. The lowest BCUT2D eigenvalue weighted by molar-refractivity contribution is -0.119. The lowest BCUT2D eigenvalue weighted by Gasteiger charge is -2.31. The topological polar surface area (TPSA) is 92.2 Å². The van der Waals surface area contributed by atoms with Crippen LogP contribution in [0.15, 0.2) is 12.4 Å². The number of hydrogen-bond acceptors (Lipinski definition) is 6. The maximum absolute atomic E-state index is 13.1. The third-order valence-corrected chi connectivity index (χ3v) is 6.10. The first-order valence-electron chi connectivity index (χ1n) is 11.1. The van der Waals surface area contributed by atoms with Crippen molar-refractivity contribution in [2.75, 3.05) is 18.0 Å². The highest BCUT2D eigenvalue weighted by Crippen LogP contribution is 2.35. The molecule has 2 aliphatic rings. The highest BCUT2D eigenvalue weighted by molar-refractivity contribution is 5.95. The summed E-state index contributed by atoms with van der Waals surface area (Å²) in [5.74, 6) is 1.81. The minimum atomic E-state index is -0.219. The van der Waals surface area contributed by atoms with Crippen LogP contribution in [0.3, 0.4) is 0 Å². The van der Waals surface area contributed by atoms with E-state index in [1.807, 2.05) is 18.7 Å². The first kappa shape index (κ1) is 21.3. The first-order valence-corrected chi connectivity index (χ1v) is 11.1. The zero-order chi connectivity index (χ0) is 22.1. The van der Waals surface area contributed by atoms with Gasteiger partial charge in [0.1, 0.15) is 11.5 Å². The van der Waals surface area contributed by atoms with E-state index in [4.69, 9.17) is 9.97 Å². The van der Waals surface area contributed by atoms with E-state index in [1.165, 1.54) is 6.20 Å². The van der Waals surface area contributed by atoms with E-state index in [9.17, 15) is 9.59 Å². The second kappa shape index (κ2) is 8.69. The average Bonchev–Trinajstić information content (AvgIpc) is 3.22. The van der Waals surface area contributed by atoms with Crippen molar-refractivity contribution in [1.82, 2.24) is 24.8 Å². The van der Waals surface area contributed by atoms with Crippen LogP contribution < -0.4 is 4.90 Å². The van der Waals surface area contributed by atoms with Crippen molar-refractivity contribution in [2.45, 2.75) is 65.8 Å². The van der Waals surface area contributed by atoms with Gasteiger partial charge in [0, 0.05) is 37.0 Å². The third-order valence-electron chi connectivity index (χ3n) is 6.10. The van der Waals surface area contributed by atoms with E-state index in [-0.39, 0.29) is 17.9 Å². The number of carbonyl (C=O) groups is 2. The SMILES string of the molecule is Cc1cnc(C(=O)N2CCCC2c2nc(C)c3c(n2)N(CCC(C)C)C(=O)CC3)cn1. The molecule has 164 valence electrons. The van der Waals surface area contributed by atoms with E-state index in [2.05, 4.69) is 23.8 Å². The Hall–Kier alpha value is -2.90. The smallest absolute Gasteiger partial charge is 0.274 e. The molecule has 2 amide bonds. The molecule has 1 saturated heterocycles. The Kier molecular flexibility index (Phi) is 5.98. The minimum absolute atomic E-state index is 0.117. The summed E-state index contributed by atoms with van der Waals surface area (Å²) in [6.07, 6.45) is 6.89. The van der Waals surface area contributed by atoms with E-state index in [0.29, 0.717) is 43.4 Å². The molecule has 0 radical (unpaired) electrons. The second-order valence-corrected chi connectivity index (χ2v) is 8.90. The molecule has 0 aliphatic carbocycles. The van der Waals surface area contributed by atoms with Crippen LogP contribution in [0.2, 0.25) is 0 Å². The van der Waals surface area contributed by atoms with Gasteiger partial charge in [-0.1, -0.05) is 13.8 Å². The van der Waals surface area contributed by atoms with Crippen molar-refractivity contribution in [2.24, 2.45) is 5.92 Å². The average molecular weight is 423 g/mol. The fraction of sp³-hybridized carbons (Fsp3) is 0.565. The van der Waals surface area contributed by atoms with Crippen LogP contribution >= 0.6 is 0 Å². The molecule has 4 heterocycles. The molecule has 0 spiro atoms. The predicted molar refractivity (Wildman–Crippen MR) is 117 cm³/mol. The monoisotopic (exact) mass is 422 g/mol. The van der Waals surface area contributed by atoms with Crippen LogP contribution in [-0.2, 0) is 11.2 Å². The van der Waals surface area contributed by atoms with Crippen LogP contribution in [-0.4, -0.2) is 49.7 Å². The van der Waals surface area contributed by atoms with Crippen LogP contribution in [0.1, 0.15) is 78.8 Å². The van der Waals surface area contributed by atoms with Crippen molar-refractivity contribution < 1.29 is 9.59 Å². The molecule has 1 atom stereocenters. The number of carbonyl (C=O) groups excluding carboxylic acids is 2. The Balaban J connectivity index is 1.66. The van der Waals surface area contributed by atoms with Crippen molar-refractivity contribution in [3.63, 3.8) is 0 Å². The summed E-state index contributed by atoms with van der Waals surface area (Å²) < 4.78 is 0. The Bertz CT molecular complexity index is 988. The van der Waals surface area contributed by atoms with Crippen molar-refractivity contribution in [3.8, 4) is 0 Å². The van der Waals surface area contributed by atoms with Gasteiger partial charge in [-0.15, -0.1) is 0 Å². The van der Waals surface area contributed by atoms with Gasteiger partial charge in [-0.05, 0) is 45.4 Å². The van der Waals surface area contributed by atoms with Crippen molar-refractivity contribution >= 4 is 17.6 Å². The van der Waals surface area contributed by atoms with Crippen LogP contribution in [0.5, 0.6) is 0 Å². The number of fused-ring (bicyclic) bond motifs is 1. The standard InChI is InChI=1S/C23H30N6O2/c1-14(2)9-11-29-20(30)8-7-17-16(4)26-21(27-22(17)29)19-6-5-10-28(19)23(31)18-13-24-15(3)12-25-18/h12-14,19H,5-11H2,1-4H3. The van der Waals surface area contributed by atoms with Gasteiger partial charge in [0.15, 0.2) is 5.82 Å². The molecule has 0 aromatic carbocycles. The fourth-order valence-electron chi connectivity index (χ4n) is 4.30. The lowest BCUT2D eigenvalue weighted by atomic mass is 10.0.